The van der Waals surface area contributed by atoms with Crippen molar-refractivity contribution in [1.82, 2.24) is 10.2 Å². The van der Waals surface area contributed by atoms with Crippen LogP contribution in [0.25, 0.3) is 0 Å². The van der Waals surface area contributed by atoms with Crippen molar-refractivity contribution < 1.29 is 5.11 Å². The Labute approximate surface area is 68.4 Å². The SMILES string of the molecule is [CH2]C(CCO)N1CCNCC1. The minimum atomic E-state index is 0.248. The fraction of sp³-hybridized carbons (Fsp3) is 0.875. The molecule has 65 valence electrons. The summed E-state index contributed by atoms with van der Waals surface area (Å²) < 4.78 is 0. The van der Waals surface area contributed by atoms with Gasteiger partial charge in [0, 0.05) is 38.8 Å². The zero-order valence-electron chi connectivity index (χ0n) is 6.92. The summed E-state index contributed by atoms with van der Waals surface area (Å²) in [5.74, 6) is 0. The number of hydrogen-bond acceptors (Lipinski definition) is 3. The second-order valence-electron chi connectivity index (χ2n) is 2.95. The number of hydrogen-bond donors (Lipinski definition) is 2. The van der Waals surface area contributed by atoms with Gasteiger partial charge in [-0.2, -0.15) is 0 Å². The van der Waals surface area contributed by atoms with Crippen LogP contribution in [0.3, 0.4) is 0 Å². The van der Waals surface area contributed by atoms with Gasteiger partial charge in [0.15, 0.2) is 0 Å². The molecule has 1 aliphatic heterocycles. The lowest BCUT2D eigenvalue weighted by Gasteiger charge is -2.32. The van der Waals surface area contributed by atoms with E-state index in [-0.39, 0.29) is 6.61 Å². The largest absolute Gasteiger partial charge is 0.396 e. The summed E-state index contributed by atoms with van der Waals surface area (Å²) in [5.41, 5.74) is 0. The Morgan fingerprint density at radius 2 is 2.09 bits per heavy atom. The minimum Gasteiger partial charge on any atom is -0.396 e. The molecule has 0 saturated carbocycles. The average Bonchev–Trinajstić information content (AvgIpc) is 2.07. The Bertz CT molecular complexity index is 102. The summed E-state index contributed by atoms with van der Waals surface area (Å²) in [6, 6.07) is 0.294. The van der Waals surface area contributed by atoms with Gasteiger partial charge in [-0.05, 0) is 13.3 Å². The van der Waals surface area contributed by atoms with Crippen LogP contribution < -0.4 is 5.32 Å². The number of nitrogens with one attached hydrogen (secondary N) is 1. The van der Waals surface area contributed by atoms with E-state index < -0.39 is 0 Å². The van der Waals surface area contributed by atoms with Gasteiger partial charge in [-0.25, -0.2) is 0 Å². The molecule has 0 aromatic rings. The Kier molecular flexibility index (Phi) is 3.83. The smallest absolute Gasteiger partial charge is 0.0445 e. The Balaban J connectivity index is 2.21. The van der Waals surface area contributed by atoms with Crippen LogP contribution in [-0.2, 0) is 0 Å². The molecule has 1 rings (SSSR count). The zero-order valence-corrected chi connectivity index (χ0v) is 6.92. The highest BCUT2D eigenvalue weighted by Crippen LogP contribution is 2.03. The maximum Gasteiger partial charge on any atom is 0.0445 e. The first kappa shape index (κ1) is 8.97. The second-order valence-corrected chi connectivity index (χ2v) is 2.95. The maximum atomic E-state index is 8.69. The number of aliphatic hydroxyl groups excluding tert-OH is 1. The summed E-state index contributed by atoms with van der Waals surface area (Å²) >= 11 is 0. The fourth-order valence-electron chi connectivity index (χ4n) is 1.38. The molecule has 11 heavy (non-hydrogen) atoms. The van der Waals surface area contributed by atoms with Gasteiger partial charge < -0.3 is 10.4 Å². The van der Waals surface area contributed by atoms with Crippen LogP contribution >= 0.6 is 0 Å². The molecule has 0 bridgehead atoms. The van der Waals surface area contributed by atoms with E-state index in [2.05, 4.69) is 17.1 Å². The van der Waals surface area contributed by atoms with E-state index in [0.29, 0.717) is 6.04 Å². The first-order chi connectivity index (χ1) is 5.34. The standard InChI is InChI=1S/C8H17N2O/c1-8(2-7-11)10-5-3-9-4-6-10/h8-9,11H,1-7H2. The average molecular weight is 157 g/mol. The molecule has 0 aromatic heterocycles. The lowest BCUT2D eigenvalue weighted by molar-refractivity contribution is 0.166. The van der Waals surface area contributed by atoms with Crippen LogP contribution in [0.1, 0.15) is 6.42 Å². The molecule has 1 heterocycles. The maximum absolute atomic E-state index is 8.69. The summed E-state index contributed by atoms with van der Waals surface area (Å²) in [4.78, 5) is 2.31. The van der Waals surface area contributed by atoms with Crippen molar-refractivity contribution in [2.45, 2.75) is 12.5 Å². The lowest BCUT2D eigenvalue weighted by atomic mass is 10.2. The molecule has 1 radical (unpaired) electrons. The van der Waals surface area contributed by atoms with E-state index >= 15 is 0 Å². The van der Waals surface area contributed by atoms with Gasteiger partial charge in [0.2, 0.25) is 0 Å². The van der Waals surface area contributed by atoms with Gasteiger partial charge in [0.1, 0.15) is 0 Å². The van der Waals surface area contributed by atoms with Crippen LogP contribution in [0.15, 0.2) is 0 Å². The minimum absolute atomic E-state index is 0.248. The van der Waals surface area contributed by atoms with Crippen molar-refractivity contribution in [2.24, 2.45) is 0 Å². The molecule has 1 fully saturated rings. The molecule has 2 N–H and O–H groups in total. The molecular formula is C8H17N2O. The first-order valence-electron chi connectivity index (χ1n) is 4.23. The van der Waals surface area contributed by atoms with Crippen molar-refractivity contribution in [2.75, 3.05) is 32.8 Å². The van der Waals surface area contributed by atoms with Gasteiger partial charge in [-0.15, -0.1) is 0 Å². The normalized spacial score (nSPS) is 23.5. The molecule has 3 nitrogen and oxygen atoms in total. The fourth-order valence-corrected chi connectivity index (χ4v) is 1.38. The third-order valence-electron chi connectivity index (χ3n) is 2.13. The van der Waals surface area contributed by atoms with E-state index in [1.54, 1.807) is 0 Å². The molecule has 3 heteroatoms. The van der Waals surface area contributed by atoms with Crippen molar-refractivity contribution in [3.8, 4) is 0 Å². The molecule has 0 spiro atoms. The number of rotatable bonds is 3. The molecule has 0 aromatic carbocycles. The zero-order chi connectivity index (χ0) is 8.10. The molecule has 1 aliphatic rings. The van der Waals surface area contributed by atoms with Crippen molar-refractivity contribution in [1.29, 1.82) is 0 Å². The van der Waals surface area contributed by atoms with Crippen molar-refractivity contribution in [3.63, 3.8) is 0 Å². The van der Waals surface area contributed by atoms with Crippen LogP contribution in [-0.4, -0.2) is 48.8 Å². The van der Waals surface area contributed by atoms with E-state index in [9.17, 15) is 0 Å². The number of nitrogens with zero attached hydrogens (tertiary/aromatic N) is 1. The predicted molar refractivity (Wildman–Crippen MR) is 45.3 cm³/mol. The summed E-state index contributed by atoms with van der Waals surface area (Å²) in [7, 11) is 0. The van der Waals surface area contributed by atoms with Crippen LogP contribution in [0.2, 0.25) is 0 Å². The van der Waals surface area contributed by atoms with Gasteiger partial charge in [-0.3, -0.25) is 4.90 Å². The number of piperazine rings is 1. The summed E-state index contributed by atoms with van der Waals surface area (Å²) in [6.07, 6.45) is 0.792. The van der Waals surface area contributed by atoms with Crippen LogP contribution in [0, 0.1) is 6.92 Å². The van der Waals surface area contributed by atoms with E-state index in [1.165, 1.54) is 0 Å². The van der Waals surface area contributed by atoms with Crippen LogP contribution in [0.4, 0.5) is 0 Å². The predicted octanol–water partition coefficient (Wildman–Crippen LogP) is -0.523. The van der Waals surface area contributed by atoms with E-state index in [1.807, 2.05) is 0 Å². The monoisotopic (exact) mass is 157 g/mol. The van der Waals surface area contributed by atoms with E-state index in [4.69, 9.17) is 5.11 Å². The van der Waals surface area contributed by atoms with Crippen LogP contribution in [0.5, 0.6) is 0 Å². The molecule has 1 saturated heterocycles. The van der Waals surface area contributed by atoms with Gasteiger partial charge in [0.25, 0.3) is 0 Å². The van der Waals surface area contributed by atoms with Gasteiger partial charge in [0.05, 0.1) is 0 Å². The third-order valence-corrected chi connectivity index (χ3v) is 2.13. The highest BCUT2D eigenvalue weighted by Gasteiger charge is 2.14. The van der Waals surface area contributed by atoms with Gasteiger partial charge in [-0.1, -0.05) is 0 Å². The van der Waals surface area contributed by atoms with E-state index in [0.717, 1.165) is 32.6 Å². The second kappa shape index (κ2) is 4.70. The van der Waals surface area contributed by atoms with Crippen molar-refractivity contribution in [3.05, 3.63) is 6.92 Å². The Morgan fingerprint density at radius 3 is 2.64 bits per heavy atom. The Morgan fingerprint density at radius 1 is 1.45 bits per heavy atom. The molecular weight excluding hydrogens is 140 g/mol. The molecule has 0 aliphatic carbocycles. The molecule has 0 amide bonds. The lowest BCUT2D eigenvalue weighted by Crippen LogP contribution is -2.47. The number of aliphatic hydroxyl groups is 1. The molecule has 1 atom stereocenters. The van der Waals surface area contributed by atoms with Crippen molar-refractivity contribution >= 4 is 0 Å². The quantitative estimate of drug-likeness (QED) is 0.578. The summed E-state index contributed by atoms with van der Waals surface area (Å²) in [6.45, 7) is 8.47. The topological polar surface area (TPSA) is 35.5 Å². The highest BCUT2D eigenvalue weighted by molar-refractivity contribution is 4.77. The van der Waals surface area contributed by atoms with Gasteiger partial charge >= 0.3 is 0 Å². The third kappa shape index (κ3) is 2.77. The first-order valence-corrected chi connectivity index (χ1v) is 4.23. The highest BCUT2D eigenvalue weighted by atomic mass is 16.3. The molecule has 1 unspecified atom stereocenters. The summed E-state index contributed by atoms with van der Waals surface area (Å²) in [5, 5.41) is 12.0. The Hall–Kier alpha value is -0.120.